The van der Waals surface area contributed by atoms with Crippen molar-refractivity contribution in [2.75, 3.05) is 25.1 Å². The largest absolute Gasteiger partial charge is 0.480 e. The van der Waals surface area contributed by atoms with Gasteiger partial charge in [0.2, 0.25) is 0 Å². The average Bonchev–Trinajstić information content (AvgIpc) is 2.33. The van der Waals surface area contributed by atoms with Crippen LogP contribution < -0.4 is 5.32 Å². The molecule has 0 radical (unpaired) electrons. The fourth-order valence-corrected chi connectivity index (χ4v) is 2.34. The van der Waals surface area contributed by atoms with Crippen LogP contribution in [0.4, 0.5) is 4.79 Å². The minimum atomic E-state index is -1.02. The number of urea groups is 1. The highest BCUT2D eigenvalue weighted by Gasteiger charge is 2.26. The lowest BCUT2D eigenvalue weighted by Crippen LogP contribution is -2.51. The van der Waals surface area contributed by atoms with Crippen LogP contribution in [0.1, 0.15) is 19.3 Å². The van der Waals surface area contributed by atoms with Crippen LogP contribution in [0.25, 0.3) is 0 Å². The van der Waals surface area contributed by atoms with Crippen LogP contribution in [0.15, 0.2) is 0 Å². The molecule has 1 aliphatic heterocycles. The standard InChI is InChI=1S/C11H20N2O4S/c1-18-6-4-9(10(15)16)12-11(17)13-5-2-3-8(14)7-13/h8-9,14H,2-7H2,1H3,(H,12,17)(H,15,16). The maximum atomic E-state index is 11.9. The molecule has 0 bridgehead atoms. The summed E-state index contributed by atoms with van der Waals surface area (Å²) in [6.45, 7) is 0.846. The Morgan fingerprint density at radius 3 is 2.83 bits per heavy atom. The van der Waals surface area contributed by atoms with Crippen molar-refractivity contribution in [3.05, 3.63) is 0 Å². The van der Waals surface area contributed by atoms with Gasteiger partial charge in [-0.15, -0.1) is 0 Å². The average molecular weight is 276 g/mol. The van der Waals surface area contributed by atoms with Gasteiger partial charge in [0.15, 0.2) is 0 Å². The summed E-state index contributed by atoms with van der Waals surface area (Å²) >= 11 is 1.54. The molecule has 1 aliphatic rings. The van der Waals surface area contributed by atoms with Gasteiger partial charge in [0.05, 0.1) is 6.10 Å². The molecule has 2 unspecified atom stereocenters. The minimum Gasteiger partial charge on any atom is -0.480 e. The van der Waals surface area contributed by atoms with E-state index in [-0.39, 0.29) is 6.54 Å². The van der Waals surface area contributed by atoms with Crippen molar-refractivity contribution in [1.29, 1.82) is 0 Å². The highest BCUT2D eigenvalue weighted by molar-refractivity contribution is 7.98. The van der Waals surface area contributed by atoms with E-state index in [1.165, 1.54) is 4.90 Å². The molecule has 3 N–H and O–H groups in total. The number of rotatable bonds is 5. The summed E-state index contributed by atoms with van der Waals surface area (Å²) < 4.78 is 0. The Labute approximate surface area is 111 Å². The normalized spacial score (nSPS) is 21.4. The van der Waals surface area contributed by atoms with Crippen molar-refractivity contribution >= 4 is 23.8 Å². The van der Waals surface area contributed by atoms with Gasteiger partial charge in [0.25, 0.3) is 0 Å². The second-order valence-corrected chi connectivity index (χ2v) is 5.35. The number of carboxylic acids is 1. The molecule has 0 aliphatic carbocycles. The van der Waals surface area contributed by atoms with Crippen LogP contribution in [0.5, 0.6) is 0 Å². The number of likely N-dealkylation sites (tertiary alicyclic amines) is 1. The molecule has 0 spiro atoms. The summed E-state index contributed by atoms with van der Waals surface area (Å²) in [4.78, 5) is 24.3. The number of aliphatic hydroxyl groups excluding tert-OH is 1. The molecule has 0 aromatic heterocycles. The lowest BCUT2D eigenvalue weighted by Gasteiger charge is -2.31. The first kappa shape index (κ1) is 15.1. The number of aliphatic carboxylic acids is 1. The van der Waals surface area contributed by atoms with E-state index in [4.69, 9.17) is 5.11 Å². The van der Waals surface area contributed by atoms with Gasteiger partial charge in [-0.25, -0.2) is 9.59 Å². The van der Waals surface area contributed by atoms with Crippen molar-refractivity contribution in [3.8, 4) is 0 Å². The van der Waals surface area contributed by atoms with E-state index in [2.05, 4.69) is 5.32 Å². The molecule has 104 valence electrons. The zero-order valence-corrected chi connectivity index (χ0v) is 11.3. The minimum absolute atomic E-state index is 0.278. The van der Waals surface area contributed by atoms with Gasteiger partial charge in [-0.3, -0.25) is 0 Å². The number of thioether (sulfide) groups is 1. The number of nitrogens with zero attached hydrogens (tertiary/aromatic N) is 1. The number of carbonyl (C=O) groups is 2. The topological polar surface area (TPSA) is 89.9 Å². The van der Waals surface area contributed by atoms with Gasteiger partial charge in [-0.05, 0) is 31.3 Å². The van der Waals surface area contributed by atoms with Gasteiger partial charge in [0, 0.05) is 13.1 Å². The van der Waals surface area contributed by atoms with Crippen molar-refractivity contribution in [2.24, 2.45) is 0 Å². The smallest absolute Gasteiger partial charge is 0.326 e. The Balaban J connectivity index is 2.46. The summed E-state index contributed by atoms with van der Waals surface area (Å²) in [5.74, 6) is -0.338. The highest BCUT2D eigenvalue weighted by Crippen LogP contribution is 2.10. The molecule has 0 aromatic rings. The number of hydrogen-bond donors (Lipinski definition) is 3. The molecule has 1 saturated heterocycles. The van der Waals surface area contributed by atoms with Gasteiger partial charge in [-0.2, -0.15) is 11.8 Å². The Hall–Kier alpha value is -0.950. The SMILES string of the molecule is CSCCC(NC(=O)N1CCCC(O)C1)C(=O)O. The van der Waals surface area contributed by atoms with Crippen LogP contribution >= 0.6 is 11.8 Å². The maximum Gasteiger partial charge on any atom is 0.326 e. The Morgan fingerprint density at radius 2 is 2.28 bits per heavy atom. The van der Waals surface area contributed by atoms with Crippen molar-refractivity contribution < 1.29 is 19.8 Å². The maximum absolute atomic E-state index is 11.9. The first-order chi connectivity index (χ1) is 8.54. The Morgan fingerprint density at radius 1 is 1.56 bits per heavy atom. The lowest BCUT2D eigenvalue weighted by molar-refractivity contribution is -0.139. The molecule has 18 heavy (non-hydrogen) atoms. The van der Waals surface area contributed by atoms with Gasteiger partial charge in [-0.1, -0.05) is 0 Å². The molecule has 2 atom stereocenters. The number of amides is 2. The molecule has 2 amide bonds. The number of carboxylic acid groups (broad SMARTS) is 1. The van der Waals surface area contributed by atoms with E-state index < -0.39 is 24.1 Å². The van der Waals surface area contributed by atoms with Crippen molar-refractivity contribution in [2.45, 2.75) is 31.4 Å². The molecule has 6 nitrogen and oxygen atoms in total. The molecule has 1 heterocycles. The number of β-amino-alcohol motifs (C(OH)–C–C–N with tert-alkyl or cyclic N) is 1. The first-order valence-electron chi connectivity index (χ1n) is 6.00. The highest BCUT2D eigenvalue weighted by atomic mass is 32.2. The molecule has 0 saturated carbocycles. The number of carbonyl (C=O) groups excluding carboxylic acids is 1. The second kappa shape index (κ2) is 7.48. The second-order valence-electron chi connectivity index (χ2n) is 4.36. The van der Waals surface area contributed by atoms with E-state index >= 15 is 0 Å². The van der Waals surface area contributed by atoms with Crippen LogP contribution in [0, 0.1) is 0 Å². The predicted molar refractivity (Wildman–Crippen MR) is 69.8 cm³/mol. The first-order valence-corrected chi connectivity index (χ1v) is 7.39. The monoisotopic (exact) mass is 276 g/mol. The lowest BCUT2D eigenvalue weighted by atomic mass is 10.1. The summed E-state index contributed by atoms with van der Waals surface area (Å²) in [6, 6.07) is -1.26. The van der Waals surface area contributed by atoms with E-state index in [0.717, 1.165) is 6.42 Å². The number of nitrogens with one attached hydrogen (secondary N) is 1. The van der Waals surface area contributed by atoms with Crippen molar-refractivity contribution in [1.82, 2.24) is 10.2 Å². The van der Waals surface area contributed by atoms with Crippen LogP contribution in [0.2, 0.25) is 0 Å². The molecular formula is C11H20N2O4S. The van der Waals surface area contributed by atoms with Gasteiger partial charge >= 0.3 is 12.0 Å². The molecule has 0 aromatic carbocycles. The third-order valence-electron chi connectivity index (χ3n) is 2.89. The molecular weight excluding hydrogens is 256 g/mol. The van der Waals surface area contributed by atoms with E-state index in [1.54, 1.807) is 11.8 Å². The van der Waals surface area contributed by atoms with Crippen molar-refractivity contribution in [3.63, 3.8) is 0 Å². The Kier molecular flexibility index (Phi) is 6.28. The predicted octanol–water partition coefficient (Wildman–Crippen LogP) is 0.359. The third-order valence-corrected chi connectivity index (χ3v) is 3.53. The zero-order valence-electron chi connectivity index (χ0n) is 10.5. The van der Waals surface area contributed by atoms with E-state index in [9.17, 15) is 14.7 Å². The summed E-state index contributed by atoms with van der Waals surface area (Å²) in [5, 5.41) is 21.0. The zero-order chi connectivity index (χ0) is 13.5. The number of hydrogen-bond acceptors (Lipinski definition) is 4. The fourth-order valence-electron chi connectivity index (χ4n) is 1.87. The Bertz CT molecular complexity index is 301. The third kappa shape index (κ3) is 4.73. The van der Waals surface area contributed by atoms with Crippen LogP contribution in [-0.4, -0.2) is 64.4 Å². The molecule has 7 heteroatoms. The summed E-state index contributed by atoms with van der Waals surface area (Å²) in [6.07, 6.45) is 3.23. The van der Waals surface area contributed by atoms with E-state index in [1.807, 2.05) is 6.26 Å². The summed E-state index contributed by atoms with van der Waals surface area (Å²) in [7, 11) is 0. The fraction of sp³-hybridized carbons (Fsp3) is 0.818. The molecule has 1 rings (SSSR count). The van der Waals surface area contributed by atoms with Crippen LogP contribution in [0.3, 0.4) is 0 Å². The quantitative estimate of drug-likeness (QED) is 0.674. The van der Waals surface area contributed by atoms with Gasteiger partial charge in [0.1, 0.15) is 6.04 Å². The number of aliphatic hydroxyl groups is 1. The summed E-state index contributed by atoms with van der Waals surface area (Å²) in [5.41, 5.74) is 0. The van der Waals surface area contributed by atoms with Gasteiger partial charge < -0.3 is 20.4 Å². The van der Waals surface area contributed by atoms with Crippen LogP contribution in [-0.2, 0) is 4.79 Å². The molecule has 1 fully saturated rings. The van der Waals surface area contributed by atoms with E-state index in [0.29, 0.717) is 25.1 Å². The number of piperidine rings is 1.